The molecular weight excluding hydrogens is 206 g/mol. The van der Waals surface area contributed by atoms with Gasteiger partial charge in [-0.3, -0.25) is 0 Å². The first-order chi connectivity index (χ1) is 7.16. The van der Waals surface area contributed by atoms with Gasteiger partial charge in [0, 0.05) is 17.8 Å². The molecule has 0 amide bonds. The monoisotopic (exact) mass is 221 g/mol. The van der Waals surface area contributed by atoms with Crippen LogP contribution < -0.4 is 11.1 Å². The molecule has 0 aliphatic heterocycles. The fraction of sp³-hybridized carbons (Fsp3) is 0.455. The van der Waals surface area contributed by atoms with Crippen molar-refractivity contribution >= 4 is 23.0 Å². The summed E-state index contributed by atoms with van der Waals surface area (Å²) in [4.78, 5) is 4.66. The number of nitrogens with zero attached hydrogens (tertiary/aromatic N) is 1. The lowest BCUT2D eigenvalue weighted by molar-refractivity contribution is 0.690. The van der Waals surface area contributed by atoms with Gasteiger partial charge >= 0.3 is 0 Å². The molecule has 1 saturated carbocycles. The van der Waals surface area contributed by atoms with Crippen molar-refractivity contribution in [2.45, 2.75) is 25.8 Å². The Hall–Kier alpha value is -1.16. The number of aromatic nitrogens is 1. The van der Waals surface area contributed by atoms with Crippen molar-refractivity contribution in [3.8, 4) is 0 Å². The van der Waals surface area contributed by atoms with Crippen molar-refractivity contribution in [1.82, 2.24) is 4.98 Å². The van der Waals surface area contributed by atoms with E-state index >= 15 is 0 Å². The van der Waals surface area contributed by atoms with Crippen LogP contribution in [0.3, 0.4) is 0 Å². The van der Waals surface area contributed by atoms with Crippen molar-refractivity contribution in [3.63, 3.8) is 0 Å². The zero-order chi connectivity index (χ0) is 10.8. The zero-order valence-electron chi connectivity index (χ0n) is 8.73. The molecule has 1 aromatic rings. The largest absolute Gasteiger partial charge is 0.389 e. The molecule has 0 radical (unpaired) electrons. The highest BCUT2D eigenvalue weighted by Gasteiger charge is 2.27. The average molecular weight is 221 g/mol. The molecule has 1 aromatic heterocycles. The molecule has 1 aliphatic rings. The van der Waals surface area contributed by atoms with Crippen LogP contribution in [0.25, 0.3) is 0 Å². The quantitative estimate of drug-likeness (QED) is 0.763. The van der Waals surface area contributed by atoms with Gasteiger partial charge in [0.2, 0.25) is 0 Å². The predicted octanol–water partition coefficient (Wildman–Crippen LogP) is 1.93. The van der Waals surface area contributed by atoms with E-state index in [1.807, 2.05) is 12.1 Å². The molecule has 3 N–H and O–H groups in total. The summed E-state index contributed by atoms with van der Waals surface area (Å²) in [6, 6.07) is 4.22. The van der Waals surface area contributed by atoms with Crippen molar-refractivity contribution in [2.75, 3.05) is 5.32 Å². The molecule has 1 unspecified atom stereocenters. The highest BCUT2D eigenvalue weighted by atomic mass is 32.1. The van der Waals surface area contributed by atoms with Gasteiger partial charge in [-0.25, -0.2) is 4.98 Å². The summed E-state index contributed by atoms with van der Waals surface area (Å²) in [5, 5.41) is 3.37. The van der Waals surface area contributed by atoms with Gasteiger partial charge in [0.15, 0.2) is 0 Å². The Labute approximate surface area is 95.1 Å². The van der Waals surface area contributed by atoms with Crippen LogP contribution in [0, 0.1) is 5.92 Å². The molecule has 2 rings (SSSR count). The van der Waals surface area contributed by atoms with Gasteiger partial charge in [-0.1, -0.05) is 12.2 Å². The maximum absolute atomic E-state index is 5.56. The average Bonchev–Trinajstić information content (AvgIpc) is 3.01. The molecule has 1 fully saturated rings. The summed E-state index contributed by atoms with van der Waals surface area (Å²) < 4.78 is 0. The zero-order valence-corrected chi connectivity index (χ0v) is 9.55. The van der Waals surface area contributed by atoms with E-state index in [4.69, 9.17) is 18.0 Å². The van der Waals surface area contributed by atoms with Crippen LogP contribution >= 0.6 is 12.2 Å². The topological polar surface area (TPSA) is 50.9 Å². The summed E-state index contributed by atoms with van der Waals surface area (Å²) in [5.41, 5.74) is 6.43. The minimum Gasteiger partial charge on any atom is -0.389 e. The van der Waals surface area contributed by atoms with Crippen molar-refractivity contribution < 1.29 is 0 Å². The molecule has 0 bridgehead atoms. The van der Waals surface area contributed by atoms with E-state index < -0.39 is 0 Å². The molecule has 0 aromatic carbocycles. The molecule has 1 heterocycles. The van der Waals surface area contributed by atoms with E-state index in [1.54, 1.807) is 6.20 Å². The second kappa shape index (κ2) is 4.14. The van der Waals surface area contributed by atoms with Crippen LogP contribution in [0.4, 0.5) is 5.82 Å². The lowest BCUT2D eigenvalue weighted by Gasteiger charge is -2.13. The van der Waals surface area contributed by atoms with Gasteiger partial charge < -0.3 is 11.1 Å². The Bertz CT molecular complexity index is 374. The van der Waals surface area contributed by atoms with E-state index in [1.165, 1.54) is 12.8 Å². The number of hydrogen-bond donors (Lipinski definition) is 2. The highest BCUT2D eigenvalue weighted by Crippen LogP contribution is 2.33. The minimum atomic E-state index is 0.416. The van der Waals surface area contributed by atoms with Gasteiger partial charge in [-0.2, -0.15) is 0 Å². The fourth-order valence-corrected chi connectivity index (χ4v) is 1.74. The summed E-state index contributed by atoms with van der Waals surface area (Å²) in [6.45, 7) is 2.19. The predicted molar refractivity (Wildman–Crippen MR) is 65.9 cm³/mol. The number of pyridine rings is 1. The molecular formula is C11H15N3S. The Kier molecular flexibility index (Phi) is 2.86. The maximum Gasteiger partial charge on any atom is 0.126 e. The van der Waals surface area contributed by atoms with Crippen molar-refractivity contribution in [1.29, 1.82) is 0 Å². The lowest BCUT2D eigenvalue weighted by Crippen LogP contribution is -2.18. The number of rotatable bonds is 4. The standard InChI is InChI=1S/C11H15N3S/c1-7(8-2-3-8)14-10-6-9(11(12)15)4-5-13-10/h4-8H,2-3H2,1H3,(H2,12,15)(H,13,14). The van der Waals surface area contributed by atoms with E-state index in [2.05, 4.69) is 17.2 Å². The number of nitrogens with one attached hydrogen (secondary N) is 1. The van der Waals surface area contributed by atoms with E-state index in [9.17, 15) is 0 Å². The van der Waals surface area contributed by atoms with Crippen molar-refractivity contribution in [3.05, 3.63) is 23.9 Å². The summed E-state index contributed by atoms with van der Waals surface area (Å²) in [5.74, 6) is 1.67. The summed E-state index contributed by atoms with van der Waals surface area (Å²) >= 11 is 4.92. The van der Waals surface area contributed by atoms with Crippen LogP contribution in [-0.4, -0.2) is 16.0 Å². The van der Waals surface area contributed by atoms with E-state index in [0.717, 1.165) is 17.3 Å². The van der Waals surface area contributed by atoms with Crippen LogP contribution in [0.5, 0.6) is 0 Å². The van der Waals surface area contributed by atoms with Crippen LogP contribution in [0.15, 0.2) is 18.3 Å². The Balaban J connectivity index is 2.07. The Morgan fingerprint density at radius 1 is 1.67 bits per heavy atom. The third-order valence-corrected chi connectivity index (χ3v) is 2.98. The number of hydrogen-bond acceptors (Lipinski definition) is 3. The van der Waals surface area contributed by atoms with Gasteiger partial charge in [0.1, 0.15) is 10.8 Å². The smallest absolute Gasteiger partial charge is 0.126 e. The first-order valence-electron chi connectivity index (χ1n) is 5.19. The highest BCUT2D eigenvalue weighted by molar-refractivity contribution is 7.80. The normalized spacial score (nSPS) is 17.1. The molecule has 80 valence electrons. The molecule has 0 spiro atoms. The Morgan fingerprint density at radius 2 is 2.40 bits per heavy atom. The molecule has 3 nitrogen and oxygen atoms in total. The molecule has 1 aliphatic carbocycles. The van der Waals surface area contributed by atoms with Crippen LogP contribution in [0.2, 0.25) is 0 Å². The van der Waals surface area contributed by atoms with Crippen molar-refractivity contribution in [2.24, 2.45) is 11.7 Å². The molecule has 1 atom stereocenters. The number of anilines is 1. The first-order valence-corrected chi connectivity index (χ1v) is 5.60. The maximum atomic E-state index is 5.56. The SMILES string of the molecule is CC(Nc1cc(C(N)=S)ccn1)C1CC1. The number of thiocarbonyl (C=S) groups is 1. The fourth-order valence-electron chi connectivity index (χ4n) is 1.61. The number of nitrogens with two attached hydrogens (primary N) is 1. The third kappa shape index (κ3) is 2.65. The van der Waals surface area contributed by atoms with Crippen LogP contribution in [-0.2, 0) is 0 Å². The molecule has 0 saturated heterocycles. The lowest BCUT2D eigenvalue weighted by atomic mass is 10.2. The third-order valence-electron chi connectivity index (χ3n) is 2.75. The Morgan fingerprint density at radius 3 is 3.00 bits per heavy atom. The molecule has 4 heteroatoms. The van der Waals surface area contributed by atoms with Gasteiger partial charge in [-0.15, -0.1) is 0 Å². The van der Waals surface area contributed by atoms with Gasteiger partial charge in [0.25, 0.3) is 0 Å². The van der Waals surface area contributed by atoms with E-state index in [0.29, 0.717) is 11.0 Å². The van der Waals surface area contributed by atoms with Gasteiger partial charge in [0.05, 0.1) is 0 Å². The summed E-state index contributed by atoms with van der Waals surface area (Å²) in [6.07, 6.45) is 4.38. The minimum absolute atomic E-state index is 0.416. The van der Waals surface area contributed by atoms with Gasteiger partial charge in [-0.05, 0) is 37.8 Å². The second-order valence-electron chi connectivity index (χ2n) is 4.06. The van der Waals surface area contributed by atoms with E-state index in [-0.39, 0.29) is 0 Å². The first kappa shape index (κ1) is 10.4. The summed E-state index contributed by atoms with van der Waals surface area (Å²) in [7, 11) is 0. The second-order valence-corrected chi connectivity index (χ2v) is 4.50. The van der Waals surface area contributed by atoms with Crippen LogP contribution in [0.1, 0.15) is 25.3 Å². The molecule has 15 heavy (non-hydrogen) atoms.